The number of esters is 3. The second kappa shape index (κ2) is 60.7. The zero-order valence-corrected chi connectivity index (χ0v) is 47.9. The van der Waals surface area contributed by atoms with Crippen molar-refractivity contribution >= 4 is 17.9 Å². The molecule has 0 saturated heterocycles. The molecule has 1 unspecified atom stereocenters. The van der Waals surface area contributed by atoms with Gasteiger partial charge in [-0.15, -0.1) is 0 Å². The second-order valence-electron chi connectivity index (χ2n) is 21.0. The van der Waals surface area contributed by atoms with E-state index in [1.807, 2.05) is 0 Å². The first-order valence-electron chi connectivity index (χ1n) is 31.3. The highest BCUT2D eigenvalue weighted by Gasteiger charge is 2.19. The summed E-state index contributed by atoms with van der Waals surface area (Å²) < 4.78 is 16.8. The zero-order chi connectivity index (χ0) is 52.2. The third kappa shape index (κ3) is 58.0. The molecule has 0 aliphatic heterocycles. The minimum atomic E-state index is -0.778. The lowest BCUT2D eigenvalue weighted by atomic mass is 10.0. The van der Waals surface area contributed by atoms with Gasteiger partial charge in [0.2, 0.25) is 0 Å². The van der Waals surface area contributed by atoms with Crippen molar-refractivity contribution in [3.8, 4) is 0 Å². The van der Waals surface area contributed by atoms with E-state index in [1.54, 1.807) is 0 Å². The number of carbonyl (C=O) groups excluding carboxylic acids is 3. The molecule has 0 aromatic heterocycles. The highest BCUT2D eigenvalue weighted by Crippen LogP contribution is 2.16. The first-order valence-corrected chi connectivity index (χ1v) is 31.3. The van der Waals surface area contributed by atoms with E-state index in [0.717, 1.165) is 83.5 Å². The molecule has 0 aliphatic rings. The van der Waals surface area contributed by atoms with Crippen LogP contribution in [0.15, 0.2) is 60.8 Å². The van der Waals surface area contributed by atoms with Crippen molar-refractivity contribution in [2.24, 2.45) is 0 Å². The Kier molecular flexibility index (Phi) is 58.2. The van der Waals surface area contributed by atoms with Crippen LogP contribution in [0.1, 0.15) is 323 Å². The van der Waals surface area contributed by atoms with Crippen molar-refractivity contribution in [1.82, 2.24) is 0 Å². The largest absolute Gasteiger partial charge is 0.462 e. The summed E-state index contributed by atoms with van der Waals surface area (Å²) in [5.74, 6) is -0.887. The molecule has 72 heavy (non-hydrogen) atoms. The van der Waals surface area contributed by atoms with Crippen LogP contribution in [0.5, 0.6) is 0 Å². The maximum atomic E-state index is 12.8. The number of hydrogen-bond acceptors (Lipinski definition) is 6. The molecule has 418 valence electrons. The lowest BCUT2D eigenvalue weighted by molar-refractivity contribution is -0.167. The van der Waals surface area contributed by atoms with E-state index >= 15 is 0 Å². The van der Waals surface area contributed by atoms with E-state index in [4.69, 9.17) is 14.2 Å². The van der Waals surface area contributed by atoms with Crippen LogP contribution in [0.25, 0.3) is 0 Å². The van der Waals surface area contributed by atoms with Gasteiger partial charge in [0.05, 0.1) is 0 Å². The van der Waals surface area contributed by atoms with Crippen molar-refractivity contribution < 1.29 is 28.6 Å². The van der Waals surface area contributed by atoms with Crippen molar-refractivity contribution in [2.75, 3.05) is 13.2 Å². The van der Waals surface area contributed by atoms with Gasteiger partial charge in [0.15, 0.2) is 6.10 Å². The normalized spacial score (nSPS) is 12.4. The number of hydrogen-bond donors (Lipinski definition) is 0. The molecular weight excluding hydrogens is 889 g/mol. The van der Waals surface area contributed by atoms with Crippen molar-refractivity contribution in [3.05, 3.63) is 60.8 Å². The summed E-state index contributed by atoms with van der Waals surface area (Å²) in [7, 11) is 0. The second-order valence-corrected chi connectivity index (χ2v) is 21.0. The quantitative estimate of drug-likeness (QED) is 0.0261. The fourth-order valence-electron chi connectivity index (χ4n) is 9.01. The number of carbonyl (C=O) groups is 3. The van der Waals surface area contributed by atoms with E-state index in [9.17, 15) is 14.4 Å². The molecule has 0 aromatic rings. The molecule has 0 saturated carbocycles. The maximum absolute atomic E-state index is 12.8. The molecule has 0 radical (unpaired) electrons. The Morgan fingerprint density at radius 3 is 0.778 bits per heavy atom. The van der Waals surface area contributed by atoms with Gasteiger partial charge in [0, 0.05) is 19.3 Å². The van der Waals surface area contributed by atoms with Gasteiger partial charge in [-0.05, 0) is 89.9 Å². The summed E-state index contributed by atoms with van der Waals surface area (Å²) in [4.78, 5) is 38.0. The van der Waals surface area contributed by atoms with Gasteiger partial charge < -0.3 is 14.2 Å². The molecule has 6 nitrogen and oxygen atoms in total. The van der Waals surface area contributed by atoms with Crippen LogP contribution in [0, 0.1) is 0 Å². The Morgan fingerprint density at radius 2 is 0.500 bits per heavy atom. The maximum Gasteiger partial charge on any atom is 0.306 e. The average Bonchev–Trinajstić information content (AvgIpc) is 3.38. The number of ether oxygens (including phenoxy) is 3. The van der Waals surface area contributed by atoms with Crippen LogP contribution in [0.4, 0.5) is 0 Å². The van der Waals surface area contributed by atoms with Crippen molar-refractivity contribution in [1.29, 1.82) is 0 Å². The fourth-order valence-corrected chi connectivity index (χ4v) is 9.01. The van der Waals surface area contributed by atoms with Crippen molar-refractivity contribution in [2.45, 2.75) is 329 Å². The molecule has 6 heteroatoms. The first kappa shape index (κ1) is 69.1. The van der Waals surface area contributed by atoms with Crippen LogP contribution in [-0.4, -0.2) is 37.2 Å². The lowest BCUT2D eigenvalue weighted by Gasteiger charge is -2.18. The predicted molar refractivity (Wildman–Crippen MR) is 312 cm³/mol. The molecule has 0 aromatic carbocycles. The van der Waals surface area contributed by atoms with Gasteiger partial charge in [-0.1, -0.05) is 274 Å². The topological polar surface area (TPSA) is 78.9 Å². The van der Waals surface area contributed by atoms with Crippen LogP contribution >= 0.6 is 0 Å². The summed E-state index contributed by atoms with van der Waals surface area (Å²) in [6.45, 7) is 6.58. The fraction of sp³-hybridized carbons (Fsp3) is 0.803. The molecule has 0 rings (SSSR count). The smallest absolute Gasteiger partial charge is 0.306 e. The number of allylic oxidation sites excluding steroid dienone is 10. The SMILES string of the molecule is CCCCCCC/C=C\C/C=C\C/C=C\CCCCCCCCC(=O)OC(COC(=O)CCCCCCCC)COC(=O)CCCCCCCCCCCCCCCCC/C=C\C/C=C\CCCCCCC. The Bertz CT molecular complexity index is 1290. The average molecular weight is 1010 g/mol. The van der Waals surface area contributed by atoms with E-state index < -0.39 is 6.10 Å². The Hall–Kier alpha value is -2.89. The molecule has 0 heterocycles. The first-order chi connectivity index (χ1) is 35.5. The number of unbranched alkanes of at least 4 members (excludes halogenated alkanes) is 36. The molecule has 0 fully saturated rings. The van der Waals surface area contributed by atoms with E-state index in [0.29, 0.717) is 19.3 Å². The zero-order valence-electron chi connectivity index (χ0n) is 47.9. The van der Waals surface area contributed by atoms with Gasteiger partial charge in [0.25, 0.3) is 0 Å². The summed E-state index contributed by atoms with van der Waals surface area (Å²) in [6, 6.07) is 0. The highest BCUT2D eigenvalue weighted by molar-refractivity contribution is 5.71. The van der Waals surface area contributed by atoms with E-state index in [-0.39, 0.29) is 31.1 Å². The molecule has 0 spiro atoms. The van der Waals surface area contributed by atoms with E-state index in [2.05, 4.69) is 81.5 Å². The standard InChI is InChI=1S/C66H118O6/c1-4-7-10-13-16-18-20-22-24-26-28-30-31-32-33-34-35-37-38-40-42-44-46-48-50-53-56-59-65(68)71-62-63(61-70-64(67)58-55-52-15-12-9-6-3)72-66(69)60-57-54-51-49-47-45-43-41-39-36-29-27-25-23-21-19-17-14-11-8-5-2/h20-23,26-29,39,41,63H,4-19,24-25,30-38,40,42-62H2,1-3H3/b22-20-,23-21-,28-26-,29-27-,41-39-. The summed E-state index contributed by atoms with van der Waals surface area (Å²) in [5, 5.41) is 0. The molecule has 0 N–H and O–H groups in total. The van der Waals surface area contributed by atoms with Gasteiger partial charge in [0.1, 0.15) is 13.2 Å². The van der Waals surface area contributed by atoms with Crippen LogP contribution in [0.3, 0.4) is 0 Å². The van der Waals surface area contributed by atoms with Gasteiger partial charge in [-0.3, -0.25) is 14.4 Å². The summed E-state index contributed by atoms with van der Waals surface area (Å²) in [5.41, 5.74) is 0. The monoisotopic (exact) mass is 1010 g/mol. The van der Waals surface area contributed by atoms with E-state index in [1.165, 1.54) is 199 Å². The minimum absolute atomic E-state index is 0.0775. The molecule has 1 atom stereocenters. The third-order valence-electron chi connectivity index (χ3n) is 13.7. The highest BCUT2D eigenvalue weighted by atomic mass is 16.6. The summed E-state index contributed by atoms with van der Waals surface area (Å²) >= 11 is 0. The number of rotatable bonds is 57. The molecule has 0 aliphatic carbocycles. The Balaban J connectivity index is 4.09. The van der Waals surface area contributed by atoms with Crippen molar-refractivity contribution in [3.63, 3.8) is 0 Å². The van der Waals surface area contributed by atoms with Gasteiger partial charge in [-0.2, -0.15) is 0 Å². The summed E-state index contributed by atoms with van der Waals surface area (Å²) in [6.07, 6.45) is 76.9. The predicted octanol–water partition coefficient (Wildman–Crippen LogP) is 21.2. The lowest BCUT2D eigenvalue weighted by Crippen LogP contribution is -2.30. The van der Waals surface area contributed by atoms with Gasteiger partial charge in [-0.25, -0.2) is 0 Å². The Morgan fingerprint density at radius 1 is 0.278 bits per heavy atom. The van der Waals surface area contributed by atoms with Crippen LogP contribution < -0.4 is 0 Å². The molecule has 0 bridgehead atoms. The molecular formula is C66H118O6. The van der Waals surface area contributed by atoms with Crippen LogP contribution in [-0.2, 0) is 28.6 Å². The molecule has 0 amide bonds. The minimum Gasteiger partial charge on any atom is -0.462 e. The van der Waals surface area contributed by atoms with Crippen LogP contribution in [0.2, 0.25) is 0 Å². The Labute approximate surface area is 447 Å². The van der Waals surface area contributed by atoms with Gasteiger partial charge >= 0.3 is 17.9 Å². The third-order valence-corrected chi connectivity index (χ3v) is 13.7.